The second-order valence-corrected chi connectivity index (χ2v) is 3.06. The molecule has 0 bridgehead atoms. The largest absolute Gasteiger partial charge is 0.474 e. The SMILES string of the molecule is Cl.NCCOc1noc2ccc([N+](=O)[O-])cc12. The van der Waals surface area contributed by atoms with Gasteiger partial charge in [-0.25, -0.2) is 0 Å². The van der Waals surface area contributed by atoms with E-state index < -0.39 is 4.92 Å². The van der Waals surface area contributed by atoms with E-state index in [-0.39, 0.29) is 30.6 Å². The summed E-state index contributed by atoms with van der Waals surface area (Å²) < 4.78 is 10.1. The van der Waals surface area contributed by atoms with Crippen molar-refractivity contribution >= 4 is 29.1 Å². The Labute approximate surface area is 102 Å². The molecule has 17 heavy (non-hydrogen) atoms. The molecule has 0 fully saturated rings. The average molecular weight is 260 g/mol. The number of benzene rings is 1. The van der Waals surface area contributed by atoms with Crippen LogP contribution in [0.1, 0.15) is 0 Å². The van der Waals surface area contributed by atoms with Crippen molar-refractivity contribution in [1.29, 1.82) is 0 Å². The lowest BCUT2D eigenvalue weighted by atomic mass is 10.2. The minimum Gasteiger partial charge on any atom is -0.474 e. The van der Waals surface area contributed by atoms with Gasteiger partial charge in [-0.3, -0.25) is 10.1 Å². The van der Waals surface area contributed by atoms with Gasteiger partial charge in [0.25, 0.3) is 11.6 Å². The molecule has 0 saturated carbocycles. The number of non-ortho nitro benzene ring substituents is 1. The molecule has 92 valence electrons. The van der Waals surface area contributed by atoms with Crippen molar-refractivity contribution in [2.24, 2.45) is 5.73 Å². The van der Waals surface area contributed by atoms with E-state index in [4.69, 9.17) is 15.0 Å². The molecule has 0 aliphatic carbocycles. The Hall–Kier alpha value is -1.86. The quantitative estimate of drug-likeness (QED) is 0.659. The van der Waals surface area contributed by atoms with Crippen LogP contribution in [0, 0.1) is 10.1 Å². The van der Waals surface area contributed by atoms with Crippen molar-refractivity contribution in [3.05, 3.63) is 28.3 Å². The summed E-state index contributed by atoms with van der Waals surface area (Å²) in [6.07, 6.45) is 0. The van der Waals surface area contributed by atoms with E-state index in [1.54, 1.807) is 0 Å². The van der Waals surface area contributed by atoms with Gasteiger partial charge >= 0.3 is 0 Å². The number of ether oxygens (including phenoxy) is 1. The molecule has 2 aromatic rings. The number of nitro groups is 1. The molecule has 0 spiro atoms. The summed E-state index contributed by atoms with van der Waals surface area (Å²) in [6, 6.07) is 4.19. The van der Waals surface area contributed by atoms with Gasteiger partial charge in [-0.2, -0.15) is 0 Å². The first kappa shape index (κ1) is 13.2. The molecule has 0 aliphatic rings. The molecular weight excluding hydrogens is 250 g/mol. The first-order valence-corrected chi connectivity index (χ1v) is 4.59. The Bertz CT molecular complexity index is 528. The summed E-state index contributed by atoms with van der Waals surface area (Å²) in [5, 5.41) is 14.7. The monoisotopic (exact) mass is 259 g/mol. The highest BCUT2D eigenvalue weighted by molar-refractivity contribution is 5.85. The third kappa shape index (κ3) is 2.63. The van der Waals surface area contributed by atoms with E-state index in [1.807, 2.05) is 0 Å². The minimum atomic E-state index is -0.487. The number of aromatic nitrogens is 1. The molecule has 1 aromatic heterocycles. The summed E-state index contributed by atoms with van der Waals surface area (Å²) >= 11 is 0. The minimum absolute atomic E-state index is 0. The number of nitrogens with zero attached hydrogens (tertiary/aromatic N) is 2. The van der Waals surface area contributed by atoms with Crippen molar-refractivity contribution in [2.45, 2.75) is 0 Å². The second-order valence-electron chi connectivity index (χ2n) is 3.06. The van der Waals surface area contributed by atoms with Crippen LogP contribution in [0.25, 0.3) is 11.0 Å². The van der Waals surface area contributed by atoms with Gasteiger partial charge in [0.15, 0.2) is 5.58 Å². The fourth-order valence-corrected chi connectivity index (χ4v) is 1.28. The van der Waals surface area contributed by atoms with Gasteiger partial charge in [-0.15, -0.1) is 12.4 Å². The van der Waals surface area contributed by atoms with Gasteiger partial charge in [0.2, 0.25) is 0 Å². The smallest absolute Gasteiger partial charge is 0.270 e. The lowest BCUT2D eigenvalue weighted by molar-refractivity contribution is -0.384. The third-order valence-corrected chi connectivity index (χ3v) is 1.99. The lowest BCUT2D eigenvalue weighted by Gasteiger charge is -1.98. The highest BCUT2D eigenvalue weighted by Gasteiger charge is 2.14. The van der Waals surface area contributed by atoms with Gasteiger partial charge in [-0.05, 0) is 11.2 Å². The number of rotatable bonds is 4. The maximum Gasteiger partial charge on any atom is 0.270 e. The van der Waals surface area contributed by atoms with E-state index in [9.17, 15) is 10.1 Å². The van der Waals surface area contributed by atoms with E-state index in [2.05, 4.69) is 5.16 Å². The van der Waals surface area contributed by atoms with E-state index >= 15 is 0 Å². The number of hydrogen-bond acceptors (Lipinski definition) is 6. The van der Waals surface area contributed by atoms with E-state index in [1.165, 1.54) is 18.2 Å². The Morgan fingerprint density at radius 1 is 1.53 bits per heavy atom. The molecule has 2 N–H and O–H groups in total. The van der Waals surface area contributed by atoms with Crippen LogP contribution in [-0.4, -0.2) is 23.2 Å². The predicted molar refractivity (Wildman–Crippen MR) is 62.5 cm³/mol. The van der Waals surface area contributed by atoms with Crippen LogP contribution in [0.5, 0.6) is 5.88 Å². The normalized spacial score (nSPS) is 9.94. The zero-order valence-electron chi connectivity index (χ0n) is 8.66. The highest BCUT2D eigenvalue weighted by atomic mass is 35.5. The number of nitro benzene ring substituents is 1. The predicted octanol–water partition coefficient (Wildman–Crippen LogP) is 1.50. The first-order valence-electron chi connectivity index (χ1n) is 4.59. The maximum absolute atomic E-state index is 10.6. The van der Waals surface area contributed by atoms with Crippen molar-refractivity contribution < 1.29 is 14.2 Å². The van der Waals surface area contributed by atoms with Crippen LogP contribution in [-0.2, 0) is 0 Å². The Kier molecular flexibility index (Phi) is 4.24. The topological polar surface area (TPSA) is 104 Å². The van der Waals surface area contributed by atoms with Gasteiger partial charge in [0.05, 0.1) is 10.3 Å². The zero-order chi connectivity index (χ0) is 11.5. The molecule has 8 heteroatoms. The molecular formula is C9H10ClN3O4. The van der Waals surface area contributed by atoms with Crippen LogP contribution in [0.15, 0.2) is 22.7 Å². The van der Waals surface area contributed by atoms with E-state index in [0.29, 0.717) is 17.5 Å². The van der Waals surface area contributed by atoms with Crippen molar-refractivity contribution in [3.8, 4) is 5.88 Å². The van der Waals surface area contributed by atoms with Gasteiger partial charge in [-0.1, -0.05) is 0 Å². The van der Waals surface area contributed by atoms with Crippen molar-refractivity contribution in [3.63, 3.8) is 0 Å². The van der Waals surface area contributed by atoms with Crippen molar-refractivity contribution in [1.82, 2.24) is 5.16 Å². The fourth-order valence-electron chi connectivity index (χ4n) is 1.28. The molecule has 1 aromatic carbocycles. The highest BCUT2D eigenvalue weighted by Crippen LogP contribution is 2.28. The van der Waals surface area contributed by atoms with Gasteiger partial charge < -0.3 is 15.0 Å². The van der Waals surface area contributed by atoms with Crippen LogP contribution < -0.4 is 10.5 Å². The van der Waals surface area contributed by atoms with Crippen LogP contribution >= 0.6 is 12.4 Å². The summed E-state index contributed by atoms with van der Waals surface area (Å²) in [5.41, 5.74) is 5.68. The van der Waals surface area contributed by atoms with Crippen LogP contribution in [0.2, 0.25) is 0 Å². The molecule has 0 aliphatic heterocycles. The number of nitrogens with two attached hydrogens (primary N) is 1. The molecule has 0 unspecified atom stereocenters. The lowest BCUT2D eigenvalue weighted by Crippen LogP contribution is -2.10. The molecule has 0 atom stereocenters. The third-order valence-electron chi connectivity index (χ3n) is 1.99. The summed E-state index contributed by atoms with van der Waals surface area (Å²) in [7, 11) is 0. The number of fused-ring (bicyclic) bond motifs is 1. The Morgan fingerprint density at radius 2 is 2.29 bits per heavy atom. The average Bonchev–Trinajstić information content (AvgIpc) is 2.68. The molecule has 0 amide bonds. The van der Waals surface area contributed by atoms with Crippen molar-refractivity contribution in [2.75, 3.05) is 13.2 Å². The Morgan fingerprint density at radius 3 is 2.94 bits per heavy atom. The van der Waals surface area contributed by atoms with Gasteiger partial charge in [0.1, 0.15) is 6.61 Å². The maximum atomic E-state index is 10.6. The fraction of sp³-hybridized carbons (Fsp3) is 0.222. The molecule has 0 radical (unpaired) electrons. The summed E-state index contributed by atoms with van der Waals surface area (Å²) in [4.78, 5) is 10.1. The zero-order valence-corrected chi connectivity index (χ0v) is 9.48. The van der Waals surface area contributed by atoms with Crippen LogP contribution in [0.4, 0.5) is 5.69 Å². The standard InChI is InChI=1S/C9H9N3O4.ClH/c10-3-4-15-9-7-5-6(12(13)14)1-2-8(7)16-11-9;/h1-2,5H,3-4,10H2;1H. The summed E-state index contributed by atoms with van der Waals surface area (Å²) in [6.45, 7) is 0.619. The molecule has 0 saturated heterocycles. The van der Waals surface area contributed by atoms with E-state index in [0.717, 1.165) is 0 Å². The molecule has 1 heterocycles. The number of halogens is 1. The molecule has 7 nitrogen and oxygen atoms in total. The number of hydrogen-bond donors (Lipinski definition) is 1. The molecule has 2 rings (SSSR count). The second kappa shape index (κ2) is 5.46. The van der Waals surface area contributed by atoms with Crippen LogP contribution in [0.3, 0.4) is 0 Å². The first-order chi connectivity index (χ1) is 7.72. The Balaban J connectivity index is 0.00000144. The summed E-state index contributed by atoms with van der Waals surface area (Å²) in [5.74, 6) is 0.226. The van der Waals surface area contributed by atoms with Gasteiger partial charge in [0, 0.05) is 18.7 Å².